The summed E-state index contributed by atoms with van der Waals surface area (Å²) in [6, 6.07) is 7.23. The number of hydrogen-bond donors (Lipinski definition) is 3. The van der Waals surface area contributed by atoms with E-state index in [-0.39, 0.29) is 6.42 Å². The van der Waals surface area contributed by atoms with Crippen molar-refractivity contribution in [3.05, 3.63) is 48.6 Å². The molecule has 5 heteroatoms. The Morgan fingerprint density at radius 2 is 1.94 bits per heavy atom. The highest BCUT2D eigenvalue weighted by molar-refractivity contribution is 5.87. The SMILES string of the molecule is C=CCC(NC(=O)C(O)c1ccccc1)C(=O)O. The molecule has 0 aliphatic carbocycles. The average molecular weight is 249 g/mol. The number of nitrogens with one attached hydrogen (secondary N) is 1. The van der Waals surface area contributed by atoms with E-state index in [1.807, 2.05) is 0 Å². The van der Waals surface area contributed by atoms with Crippen LogP contribution in [0, 0.1) is 0 Å². The molecule has 3 N–H and O–H groups in total. The topological polar surface area (TPSA) is 86.6 Å². The molecule has 1 aromatic carbocycles. The molecule has 0 aromatic heterocycles. The molecule has 5 nitrogen and oxygen atoms in total. The zero-order valence-electron chi connectivity index (χ0n) is 9.74. The minimum Gasteiger partial charge on any atom is -0.480 e. The van der Waals surface area contributed by atoms with Gasteiger partial charge in [-0.05, 0) is 12.0 Å². The third-order valence-corrected chi connectivity index (χ3v) is 2.38. The van der Waals surface area contributed by atoms with Crippen molar-refractivity contribution in [3.8, 4) is 0 Å². The van der Waals surface area contributed by atoms with Gasteiger partial charge in [0.15, 0.2) is 6.10 Å². The van der Waals surface area contributed by atoms with Crippen LogP contribution in [-0.2, 0) is 9.59 Å². The summed E-state index contributed by atoms with van der Waals surface area (Å²) in [6.45, 7) is 3.42. The van der Waals surface area contributed by atoms with E-state index in [1.165, 1.54) is 6.08 Å². The number of hydrogen-bond acceptors (Lipinski definition) is 3. The van der Waals surface area contributed by atoms with Crippen LogP contribution in [0.3, 0.4) is 0 Å². The molecule has 0 fully saturated rings. The Labute approximate surface area is 105 Å². The number of benzene rings is 1. The third-order valence-electron chi connectivity index (χ3n) is 2.38. The maximum absolute atomic E-state index is 11.7. The molecule has 0 aliphatic heterocycles. The van der Waals surface area contributed by atoms with Gasteiger partial charge in [-0.1, -0.05) is 36.4 Å². The minimum atomic E-state index is -1.38. The number of carboxylic acid groups (broad SMARTS) is 1. The molecule has 0 heterocycles. The lowest BCUT2D eigenvalue weighted by molar-refractivity contribution is -0.143. The minimum absolute atomic E-state index is 0.0998. The summed E-state index contributed by atoms with van der Waals surface area (Å²) in [5, 5.41) is 20.9. The summed E-state index contributed by atoms with van der Waals surface area (Å²) in [6.07, 6.45) is 0.120. The van der Waals surface area contributed by atoms with Crippen molar-refractivity contribution in [2.45, 2.75) is 18.6 Å². The van der Waals surface area contributed by atoms with Gasteiger partial charge in [0.2, 0.25) is 0 Å². The van der Waals surface area contributed by atoms with E-state index in [1.54, 1.807) is 30.3 Å². The Morgan fingerprint density at radius 3 is 2.44 bits per heavy atom. The van der Waals surface area contributed by atoms with Gasteiger partial charge in [-0.15, -0.1) is 6.58 Å². The molecule has 1 rings (SSSR count). The van der Waals surface area contributed by atoms with Gasteiger partial charge < -0.3 is 15.5 Å². The van der Waals surface area contributed by atoms with Crippen molar-refractivity contribution in [2.75, 3.05) is 0 Å². The molecule has 2 unspecified atom stereocenters. The first-order chi connectivity index (χ1) is 8.56. The number of aliphatic hydroxyl groups is 1. The summed E-state index contributed by atoms with van der Waals surface area (Å²) >= 11 is 0. The fourth-order valence-corrected chi connectivity index (χ4v) is 1.43. The number of rotatable bonds is 6. The van der Waals surface area contributed by atoms with Crippen molar-refractivity contribution in [3.63, 3.8) is 0 Å². The third kappa shape index (κ3) is 3.71. The van der Waals surface area contributed by atoms with Gasteiger partial charge in [0.25, 0.3) is 5.91 Å². The maximum Gasteiger partial charge on any atom is 0.326 e. The van der Waals surface area contributed by atoms with Crippen LogP contribution in [0.1, 0.15) is 18.1 Å². The molecular weight excluding hydrogens is 234 g/mol. The number of aliphatic hydroxyl groups excluding tert-OH is 1. The van der Waals surface area contributed by atoms with Crippen LogP contribution in [0.2, 0.25) is 0 Å². The molecule has 0 radical (unpaired) electrons. The van der Waals surface area contributed by atoms with Gasteiger partial charge in [-0.2, -0.15) is 0 Å². The quantitative estimate of drug-likeness (QED) is 0.653. The van der Waals surface area contributed by atoms with Crippen molar-refractivity contribution in [1.29, 1.82) is 0 Å². The van der Waals surface area contributed by atoms with Gasteiger partial charge in [0, 0.05) is 0 Å². The zero-order chi connectivity index (χ0) is 13.5. The first-order valence-corrected chi connectivity index (χ1v) is 5.43. The van der Waals surface area contributed by atoms with Crippen LogP contribution >= 0.6 is 0 Å². The Hall–Kier alpha value is -2.14. The summed E-state index contributed by atoms with van der Waals surface area (Å²) in [5.74, 6) is -1.90. The molecule has 1 aromatic rings. The van der Waals surface area contributed by atoms with E-state index in [0.717, 1.165) is 0 Å². The molecule has 96 valence electrons. The van der Waals surface area contributed by atoms with Crippen molar-refractivity contribution < 1.29 is 19.8 Å². The van der Waals surface area contributed by atoms with E-state index < -0.39 is 24.0 Å². The van der Waals surface area contributed by atoms with Crippen molar-refractivity contribution >= 4 is 11.9 Å². The maximum atomic E-state index is 11.7. The number of aliphatic carboxylic acids is 1. The Morgan fingerprint density at radius 1 is 1.33 bits per heavy atom. The van der Waals surface area contributed by atoms with E-state index in [9.17, 15) is 14.7 Å². The number of carboxylic acids is 1. The van der Waals surface area contributed by atoms with Gasteiger partial charge in [0.05, 0.1) is 0 Å². The van der Waals surface area contributed by atoms with Crippen LogP contribution in [0.25, 0.3) is 0 Å². The first kappa shape index (κ1) is 13.9. The van der Waals surface area contributed by atoms with Gasteiger partial charge in [-0.3, -0.25) is 4.79 Å². The Kier molecular flexibility index (Phi) is 5.07. The Bertz CT molecular complexity index is 430. The molecule has 18 heavy (non-hydrogen) atoms. The van der Waals surface area contributed by atoms with E-state index in [4.69, 9.17) is 5.11 Å². The monoisotopic (exact) mass is 249 g/mol. The fraction of sp³-hybridized carbons (Fsp3) is 0.231. The predicted octanol–water partition coefficient (Wildman–Crippen LogP) is 0.865. The van der Waals surface area contributed by atoms with Gasteiger partial charge >= 0.3 is 5.97 Å². The molecule has 0 saturated carbocycles. The highest BCUT2D eigenvalue weighted by atomic mass is 16.4. The first-order valence-electron chi connectivity index (χ1n) is 5.43. The molecule has 0 saturated heterocycles. The van der Waals surface area contributed by atoms with Crippen molar-refractivity contribution in [1.82, 2.24) is 5.32 Å². The van der Waals surface area contributed by atoms with Crippen LogP contribution < -0.4 is 5.32 Å². The molecule has 0 spiro atoms. The van der Waals surface area contributed by atoms with Gasteiger partial charge in [-0.25, -0.2) is 4.79 Å². The standard InChI is InChI=1S/C13H15NO4/c1-2-6-10(13(17)18)14-12(16)11(15)9-7-4-3-5-8-9/h2-5,7-8,10-11,15H,1,6H2,(H,14,16)(H,17,18). The fourth-order valence-electron chi connectivity index (χ4n) is 1.43. The number of carbonyl (C=O) groups excluding carboxylic acids is 1. The van der Waals surface area contributed by atoms with Crippen molar-refractivity contribution in [2.24, 2.45) is 0 Å². The summed E-state index contributed by atoms with van der Waals surface area (Å²) < 4.78 is 0. The summed E-state index contributed by atoms with van der Waals surface area (Å²) in [4.78, 5) is 22.5. The molecule has 2 atom stereocenters. The van der Waals surface area contributed by atoms with Gasteiger partial charge in [0.1, 0.15) is 6.04 Å². The smallest absolute Gasteiger partial charge is 0.326 e. The van der Waals surface area contributed by atoms with Crippen LogP contribution in [0.5, 0.6) is 0 Å². The zero-order valence-corrected chi connectivity index (χ0v) is 9.74. The van der Waals surface area contributed by atoms with E-state index in [2.05, 4.69) is 11.9 Å². The lowest BCUT2D eigenvalue weighted by atomic mass is 10.1. The second kappa shape index (κ2) is 6.56. The summed E-state index contributed by atoms with van der Waals surface area (Å²) in [7, 11) is 0. The predicted molar refractivity (Wildman–Crippen MR) is 65.8 cm³/mol. The highest BCUT2D eigenvalue weighted by Gasteiger charge is 2.23. The van der Waals surface area contributed by atoms with E-state index in [0.29, 0.717) is 5.56 Å². The number of carbonyl (C=O) groups is 2. The second-order valence-electron chi connectivity index (χ2n) is 3.74. The largest absolute Gasteiger partial charge is 0.480 e. The van der Waals surface area contributed by atoms with Crippen LogP contribution in [0.15, 0.2) is 43.0 Å². The lowest BCUT2D eigenvalue weighted by Gasteiger charge is -2.16. The summed E-state index contributed by atoms with van der Waals surface area (Å²) in [5.41, 5.74) is 0.415. The Balaban J connectivity index is 2.70. The average Bonchev–Trinajstić information content (AvgIpc) is 2.38. The molecule has 0 aliphatic rings. The van der Waals surface area contributed by atoms with Crippen LogP contribution in [0.4, 0.5) is 0 Å². The second-order valence-corrected chi connectivity index (χ2v) is 3.74. The lowest BCUT2D eigenvalue weighted by Crippen LogP contribution is -2.42. The molecular formula is C13H15NO4. The molecule has 0 bridgehead atoms. The molecule has 1 amide bonds. The number of amides is 1. The van der Waals surface area contributed by atoms with E-state index >= 15 is 0 Å². The normalized spacial score (nSPS) is 13.4. The highest BCUT2D eigenvalue weighted by Crippen LogP contribution is 2.12. The van der Waals surface area contributed by atoms with Crippen LogP contribution in [-0.4, -0.2) is 28.1 Å².